The average Bonchev–Trinajstić information content (AvgIpc) is 1.19. The fourth-order valence-corrected chi connectivity index (χ4v) is 0. The number of hydrogen-bond acceptors (Lipinski definition) is 4. The molecule has 74 valence electrons. The van der Waals surface area contributed by atoms with Gasteiger partial charge < -0.3 is 30.0 Å². The summed E-state index contributed by atoms with van der Waals surface area (Å²) < 4.78 is 8.88. The third-order valence-corrected chi connectivity index (χ3v) is 0. The standard InChI is InChI=1S/Ag.ClH.NO3.H3O4P/c;;2-1(3)4;1-5(2,3)4/h;1H;;(H3,1,2,3,4)/q+1;;-1;. The van der Waals surface area contributed by atoms with Gasteiger partial charge in [0.05, 0.1) is 5.09 Å². The van der Waals surface area contributed by atoms with Crippen LogP contribution >= 0.6 is 20.2 Å². The molecule has 0 rings (SSSR count). The quantitative estimate of drug-likeness (QED) is 0.231. The van der Waals surface area contributed by atoms with E-state index in [0.717, 1.165) is 0 Å². The van der Waals surface area contributed by atoms with Crippen LogP contribution in [0.4, 0.5) is 0 Å². The Morgan fingerprint density at radius 2 is 1.18 bits per heavy atom. The molecule has 0 aromatic heterocycles. The van der Waals surface area contributed by atoms with Gasteiger partial charge in [0.15, 0.2) is 0 Å². The molecule has 3 N–H and O–H groups in total. The van der Waals surface area contributed by atoms with Gasteiger partial charge in [0.1, 0.15) is 0 Å². The van der Waals surface area contributed by atoms with E-state index >= 15 is 0 Å². The van der Waals surface area contributed by atoms with E-state index in [1.54, 1.807) is 0 Å². The van der Waals surface area contributed by atoms with Crippen molar-refractivity contribution in [3.8, 4) is 0 Å². The summed E-state index contributed by atoms with van der Waals surface area (Å²) >= 11 is 0. The summed E-state index contributed by atoms with van der Waals surface area (Å²) in [5.41, 5.74) is 0. The second kappa shape index (κ2) is 10.3. The molecular weight excluding hydrogens is 300 g/mol. The maximum Gasteiger partial charge on any atom is 1.00 e. The van der Waals surface area contributed by atoms with Gasteiger partial charge in [-0.2, -0.15) is 0 Å². The molecular formula is H4AgClNO7P. The normalized spacial score (nSPS) is 7.55. The molecule has 0 saturated heterocycles. The van der Waals surface area contributed by atoms with Crippen LogP contribution < -0.4 is 0 Å². The summed E-state index contributed by atoms with van der Waals surface area (Å²) in [6.07, 6.45) is 0. The monoisotopic (exact) mass is 303 g/mol. The van der Waals surface area contributed by atoms with Gasteiger partial charge in [-0.15, -0.1) is 12.4 Å². The molecule has 0 atom stereocenters. The molecule has 8 nitrogen and oxygen atoms in total. The first-order valence-corrected chi connectivity index (χ1v) is 2.90. The molecule has 0 aliphatic rings. The number of rotatable bonds is 0. The van der Waals surface area contributed by atoms with Crippen molar-refractivity contribution in [3.05, 3.63) is 15.3 Å². The summed E-state index contributed by atoms with van der Waals surface area (Å²) in [7, 11) is -4.64. The van der Waals surface area contributed by atoms with Gasteiger partial charge in [-0.05, 0) is 0 Å². The van der Waals surface area contributed by atoms with Crippen molar-refractivity contribution in [1.29, 1.82) is 0 Å². The van der Waals surface area contributed by atoms with E-state index in [-0.39, 0.29) is 34.8 Å². The maximum absolute atomic E-state index is 8.88. The summed E-state index contributed by atoms with van der Waals surface area (Å²) in [6.45, 7) is 0. The molecule has 0 heterocycles. The Morgan fingerprint density at radius 1 is 1.18 bits per heavy atom. The molecule has 0 saturated carbocycles. The summed E-state index contributed by atoms with van der Waals surface area (Å²) in [5, 5.41) is 14.8. The van der Waals surface area contributed by atoms with Crippen molar-refractivity contribution in [3.63, 3.8) is 0 Å². The van der Waals surface area contributed by atoms with E-state index in [9.17, 15) is 0 Å². The van der Waals surface area contributed by atoms with Gasteiger partial charge in [-0.25, -0.2) is 4.57 Å². The van der Waals surface area contributed by atoms with E-state index in [0.29, 0.717) is 0 Å². The Morgan fingerprint density at radius 3 is 1.18 bits per heavy atom. The fraction of sp³-hybridized carbons (Fsp3) is 0. The minimum atomic E-state index is -4.64. The average molecular weight is 304 g/mol. The van der Waals surface area contributed by atoms with E-state index in [2.05, 4.69) is 0 Å². The molecule has 0 amide bonds. The SMILES string of the molecule is Cl.O=P(O)(O)O.O=[N+]([O-])[O-].[Ag+]. The molecule has 11 heteroatoms. The minimum Gasteiger partial charge on any atom is -0.356 e. The Balaban J connectivity index is -0.0000000383. The number of nitrogens with zero attached hydrogens (tertiary/aromatic N) is 1. The Labute approximate surface area is 82.5 Å². The largest absolute Gasteiger partial charge is 1.00 e. The smallest absolute Gasteiger partial charge is 0.356 e. The van der Waals surface area contributed by atoms with E-state index in [1.807, 2.05) is 0 Å². The zero-order valence-corrected chi connectivity index (χ0v) is 7.77. The zero-order chi connectivity index (χ0) is 8.08. The second-order valence-electron chi connectivity index (χ2n) is 0.737. The molecule has 0 aromatic rings. The Bertz CT molecular complexity index is 118. The van der Waals surface area contributed by atoms with Gasteiger partial charge in [0, 0.05) is 0 Å². The van der Waals surface area contributed by atoms with Crippen LogP contribution in [-0.4, -0.2) is 19.8 Å². The second-order valence-corrected chi connectivity index (χ2v) is 1.76. The van der Waals surface area contributed by atoms with Gasteiger partial charge in [0.25, 0.3) is 0 Å². The van der Waals surface area contributed by atoms with Crippen LogP contribution in [0.2, 0.25) is 0 Å². The van der Waals surface area contributed by atoms with Gasteiger partial charge in [-0.3, -0.25) is 0 Å². The molecule has 11 heavy (non-hydrogen) atoms. The summed E-state index contributed by atoms with van der Waals surface area (Å²) in [6, 6.07) is 0. The van der Waals surface area contributed by atoms with Gasteiger partial charge >= 0.3 is 30.2 Å². The Kier molecular flexibility index (Phi) is 21.2. The third-order valence-electron chi connectivity index (χ3n) is 0. The predicted octanol–water partition coefficient (Wildman–Crippen LogP) is -0.748. The zero-order valence-electron chi connectivity index (χ0n) is 4.58. The van der Waals surface area contributed by atoms with E-state index < -0.39 is 12.9 Å². The molecule has 0 unspecified atom stereocenters. The number of hydrogen-bond donors (Lipinski definition) is 3. The molecule has 0 aliphatic heterocycles. The molecule has 0 spiro atoms. The van der Waals surface area contributed by atoms with Crippen LogP contribution in [-0.2, 0) is 26.9 Å². The first kappa shape index (κ1) is 22.5. The molecule has 0 aliphatic carbocycles. The van der Waals surface area contributed by atoms with Crippen LogP contribution in [0.1, 0.15) is 0 Å². The predicted molar refractivity (Wildman–Crippen MR) is 31.9 cm³/mol. The van der Waals surface area contributed by atoms with Gasteiger partial charge in [-0.1, -0.05) is 0 Å². The Hall–Kier alpha value is 0.340. The van der Waals surface area contributed by atoms with Crippen LogP contribution in [0.15, 0.2) is 0 Å². The van der Waals surface area contributed by atoms with Crippen molar-refractivity contribution < 1.29 is 46.7 Å². The fourth-order valence-electron chi connectivity index (χ4n) is 0. The topological polar surface area (TPSA) is 144 Å². The van der Waals surface area contributed by atoms with Crippen molar-refractivity contribution >= 4 is 20.2 Å². The van der Waals surface area contributed by atoms with Crippen LogP contribution in [0.25, 0.3) is 0 Å². The van der Waals surface area contributed by atoms with Crippen molar-refractivity contribution in [2.24, 2.45) is 0 Å². The van der Waals surface area contributed by atoms with Crippen molar-refractivity contribution in [2.45, 2.75) is 0 Å². The van der Waals surface area contributed by atoms with Crippen molar-refractivity contribution in [1.82, 2.24) is 0 Å². The first-order valence-electron chi connectivity index (χ1n) is 1.33. The summed E-state index contributed by atoms with van der Waals surface area (Å²) in [5.74, 6) is 0. The maximum atomic E-state index is 8.88. The minimum absolute atomic E-state index is 0. The molecule has 0 radical (unpaired) electrons. The molecule has 0 fully saturated rings. The first-order chi connectivity index (χ1) is 3.73. The van der Waals surface area contributed by atoms with Crippen molar-refractivity contribution in [2.75, 3.05) is 0 Å². The van der Waals surface area contributed by atoms with E-state index in [4.69, 9.17) is 34.6 Å². The van der Waals surface area contributed by atoms with Crippen LogP contribution in [0.5, 0.6) is 0 Å². The molecule has 0 aromatic carbocycles. The van der Waals surface area contributed by atoms with E-state index in [1.165, 1.54) is 0 Å². The number of phosphoric acid groups is 1. The summed E-state index contributed by atoms with van der Waals surface area (Å²) in [4.78, 5) is 29.8. The molecule has 0 bridgehead atoms. The van der Waals surface area contributed by atoms with Gasteiger partial charge in [0.2, 0.25) is 0 Å². The third kappa shape index (κ3) is 6210. The number of halogens is 1. The van der Waals surface area contributed by atoms with Crippen LogP contribution in [0, 0.1) is 15.3 Å². The van der Waals surface area contributed by atoms with Crippen LogP contribution in [0.3, 0.4) is 0 Å².